The van der Waals surface area contributed by atoms with Gasteiger partial charge < -0.3 is 9.42 Å². The normalized spacial score (nSPS) is 9.76. The van der Waals surface area contributed by atoms with Gasteiger partial charge in [0.05, 0.1) is 6.20 Å². The van der Waals surface area contributed by atoms with E-state index in [0.29, 0.717) is 11.4 Å². The van der Waals surface area contributed by atoms with E-state index in [2.05, 4.69) is 10.1 Å². The predicted octanol–water partition coefficient (Wildman–Crippen LogP) is 2.37. The molecule has 0 aliphatic carbocycles. The largest absolute Gasteiger partial charge is 0.378 e. The molecule has 0 fully saturated rings. The number of hydrogen-bond acceptors (Lipinski definition) is 5. The fraction of sp³-hybridized carbons (Fsp3) is 0.167. The van der Waals surface area contributed by atoms with Gasteiger partial charge in [-0.2, -0.15) is 4.99 Å². The number of nitrogens with zero attached hydrogens (tertiary/aromatic N) is 3. The summed E-state index contributed by atoms with van der Waals surface area (Å²) in [5.41, 5.74) is 2.29. The lowest BCUT2D eigenvalue weighted by molar-refractivity contribution is 0.432. The molecular formula is C12H11N3O2. The molecule has 1 aromatic heterocycles. The van der Waals surface area contributed by atoms with Crippen LogP contribution in [-0.2, 0) is 4.79 Å². The highest BCUT2D eigenvalue weighted by molar-refractivity contribution is 5.72. The topological polar surface area (TPSA) is 58.7 Å². The van der Waals surface area contributed by atoms with E-state index < -0.39 is 0 Å². The molecule has 2 rings (SSSR count). The monoisotopic (exact) mass is 229 g/mol. The van der Waals surface area contributed by atoms with Gasteiger partial charge >= 0.3 is 0 Å². The zero-order chi connectivity index (χ0) is 12.3. The molecule has 0 atom stereocenters. The third kappa shape index (κ3) is 2.24. The van der Waals surface area contributed by atoms with Crippen LogP contribution in [0.3, 0.4) is 0 Å². The molecule has 2 aromatic rings. The summed E-state index contributed by atoms with van der Waals surface area (Å²) in [5, 5.41) is 3.62. The number of aromatic nitrogens is 1. The Kier molecular flexibility index (Phi) is 3.03. The van der Waals surface area contributed by atoms with Crippen molar-refractivity contribution in [2.24, 2.45) is 4.99 Å². The molecule has 0 N–H and O–H groups in total. The van der Waals surface area contributed by atoms with Crippen molar-refractivity contribution >= 4 is 17.5 Å². The summed E-state index contributed by atoms with van der Waals surface area (Å²) in [4.78, 5) is 15.8. The summed E-state index contributed by atoms with van der Waals surface area (Å²) in [7, 11) is 3.93. The SMILES string of the molecule is CN(C)c1ccc(-c2oncc2N=C=O)cc1. The Labute approximate surface area is 98.4 Å². The van der Waals surface area contributed by atoms with Gasteiger partial charge in [0, 0.05) is 25.3 Å². The standard InChI is InChI=1S/C12H11N3O2/c1-15(2)10-5-3-9(4-6-10)12-11(13-8-16)7-14-17-12/h3-7H,1-2H3. The zero-order valence-electron chi connectivity index (χ0n) is 9.54. The van der Waals surface area contributed by atoms with E-state index in [1.54, 1.807) is 0 Å². The van der Waals surface area contributed by atoms with E-state index >= 15 is 0 Å². The molecule has 0 radical (unpaired) electrons. The first-order valence-corrected chi connectivity index (χ1v) is 5.02. The molecule has 17 heavy (non-hydrogen) atoms. The van der Waals surface area contributed by atoms with Crippen LogP contribution >= 0.6 is 0 Å². The summed E-state index contributed by atoms with van der Waals surface area (Å²) < 4.78 is 5.07. The highest BCUT2D eigenvalue weighted by atomic mass is 16.5. The molecule has 0 aliphatic rings. The maximum atomic E-state index is 10.2. The number of aliphatic imine (C=N–C) groups is 1. The highest BCUT2D eigenvalue weighted by Crippen LogP contribution is 2.30. The van der Waals surface area contributed by atoms with Crippen LogP contribution in [0.5, 0.6) is 0 Å². The molecule has 86 valence electrons. The Balaban J connectivity index is 2.39. The van der Waals surface area contributed by atoms with Gasteiger partial charge in [-0.15, -0.1) is 0 Å². The molecule has 0 amide bonds. The first-order chi connectivity index (χ1) is 8.22. The summed E-state index contributed by atoms with van der Waals surface area (Å²) in [6, 6.07) is 7.68. The van der Waals surface area contributed by atoms with Crippen LogP contribution in [0, 0.1) is 0 Å². The van der Waals surface area contributed by atoms with Gasteiger partial charge in [-0.3, -0.25) is 0 Å². The van der Waals surface area contributed by atoms with Crippen LogP contribution in [0.25, 0.3) is 11.3 Å². The van der Waals surface area contributed by atoms with Crippen molar-refractivity contribution in [2.45, 2.75) is 0 Å². The predicted molar refractivity (Wildman–Crippen MR) is 64.0 cm³/mol. The minimum atomic E-state index is 0.387. The van der Waals surface area contributed by atoms with Gasteiger partial charge in [-0.25, -0.2) is 4.79 Å². The highest BCUT2D eigenvalue weighted by Gasteiger charge is 2.10. The minimum Gasteiger partial charge on any atom is -0.378 e. The van der Waals surface area contributed by atoms with Crippen molar-refractivity contribution < 1.29 is 9.32 Å². The van der Waals surface area contributed by atoms with E-state index in [4.69, 9.17) is 4.52 Å². The van der Waals surface area contributed by atoms with E-state index in [1.165, 1.54) is 12.3 Å². The van der Waals surface area contributed by atoms with Crippen molar-refractivity contribution in [3.8, 4) is 11.3 Å². The second kappa shape index (κ2) is 4.63. The van der Waals surface area contributed by atoms with Crippen molar-refractivity contribution in [3.63, 3.8) is 0 Å². The molecule has 1 heterocycles. The van der Waals surface area contributed by atoms with Crippen molar-refractivity contribution in [3.05, 3.63) is 30.5 Å². The number of benzene rings is 1. The maximum absolute atomic E-state index is 10.2. The van der Waals surface area contributed by atoms with Gasteiger partial charge in [0.15, 0.2) is 5.76 Å². The van der Waals surface area contributed by atoms with Crippen LogP contribution in [0.4, 0.5) is 11.4 Å². The average Bonchev–Trinajstić information content (AvgIpc) is 2.78. The molecular weight excluding hydrogens is 218 g/mol. The van der Waals surface area contributed by atoms with Gasteiger partial charge in [0.2, 0.25) is 6.08 Å². The summed E-state index contributed by atoms with van der Waals surface area (Å²) in [6.45, 7) is 0. The molecule has 0 unspecified atom stereocenters. The third-order valence-corrected chi connectivity index (χ3v) is 2.36. The van der Waals surface area contributed by atoms with E-state index in [1.807, 2.05) is 43.3 Å². The van der Waals surface area contributed by atoms with Crippen molar-refractivity contribution in [2.75, 3.05) is 19.0 Å². The number of rotatable bonds is 3. The number of isocyanates is 1. The average molecular weight is 229 g/mol. The Morgan fingerprint density at radius 1 is 1.29 bits per heavy atom. The van der Waals surface area contributed by atoms with Gasteiger partial charge in [-0.05, 0) is 24.3 Å². The Morgan fingerprint density at radius 2 is 2.00 bits per heavy atom. The zero-order valence-corrected chi connectivity index (χ0v) is 9.54. The molecule has 0 saturated heterocycles. The Bertz CT molecular complexity index is 551. The van der Waals surface area contributed by atoms with E-state index in [0.717, 1.165) is 11.3 Å². The van der Waals surface area contributed by atoms with Crippen molar-refractivity contribution in [1.29, 1.82) is 0 Å². The number of hydrogen-bond donors (Lipinski definition) is 0. The summed E-state index contributed by atoms with van der Waals surface area (Å²) >= 11 is 0. The number of anilines is 1. The quantitative estimate of drug-likeness (QED) is 0.599. The lowest BCUT2D eigenvalue weighted by atomic mass is 10.1. The lowest BCUT2D eigenvalue weighted by Crippen LogP contribution is -2.07. The Morgan fingerprint density at radius 3 is 2.59 bits per heavy atom. The van der Waals surface area contributed by atoms with Crippen LogP contribution in [-0.4, -0.2) is 25.3 Å². The maximum Gasteiger partial charge on any atom is 0.240 e. The smallest absolute Gasteiger partial charge is 0.240 e. The first kappa shape index (κ1) is 11.1. The molecule has 0 spiro atoms. The molecule has 5 heteroatoms. The summed E-state index contributed by atoms with van der Waals surface area (Å²) in [5.74, 6) is 0.471. The fourth-order valence-electron chi connectivity index (χ4n) is 1.47. The third-order valence-electron chi connectivity index (χ3n) is 2.36. The molecule has 5 nitrogen and oxygen atoms in total. The van der Waals surface area contributed by atoms with Gasteiger partial charge in [0.25, 0.3) is 0 Å². The van der Waals surface area contributed by atoms with E-state index in [9.17, 15) is 4.79 Å². The van der Waals surface area contributed by atoms with E-state index in [-0.39, 0.29) is 0 Å². The first-order valence-electron chi connectivity index (χ1n) is 5.02. The fourth-order valence-corrected chi connectivity index (χ4v) is 1.47. The minimum absolute atomic E-state index is 0.387. The molecule has 0 saturated carbocycles. The molecule has 0 bridgehead atoms. The van der Waals surface area contributed by atoms with Crippen molar-refractivity contribution in [1.82, 2.24) is 5.16 Å². The van der Waals surface area contributed by atoms with Gasteiger partial charge in [0.1, 0.15) is 5.69 Å². The summed E-state index contributed by atoms with van der Waals surface area (Å²) in [6.07, 6.45) is 2.87. The van der Waals surface area contributed by atoms with Gasteiger partial charge in [-0.1, -0.05) is 5.16 Å². The second-order valence-electron chi connectivity index (χ2n) is 3.68. The van der Waals surface area contributed by atoms with Crippen LogP contribution in [0.1, 0.15) is 0 Å². The van der Waals surface area contributed by atoms with Crippen LogP contribution in [0.2, 0.25) is 0 Å². The molecule has 1 aromatic carbocycles. The Hall–Kier alpha value is -2.39. The lowest BCUT2D eigenvalue weighted by Gasteiger charge is -2.11. The van der Waals surface area contributed by atoms with Crippen LogP contribution < -0.4 is 4.90 Å². The second-order valence-corrected chi connectivity index (χ2v) is 3.68. The molecule has 0 aliphatic heterocycles. The number of carbonyl (C=O) groups excluding carboxylic acids is 1. The van der Waals surface area contributed by atoms with Crippen LogP contribution in [0.15, 0.2) is 40.0 Å².